The van der Waals surface area contributed by atoms with Crippen molar-refractivity contribution in [3.63, 3.8) is 0 Å². The maximum absolute atomic E-state index is 11.8. The molecule has 1 aliphatic heterocycles. The predicted molar refractivity (Wildman–Crippen MR) is 55.9 cm³/mol. The van der Waals surface area contributed by atoms with E-state index >= 15 is 0 Å². The van der Waals surface area contributed by atoms with Crippen LogP contribution in [0.2, 0.25) is 0 Å². The molecular weight excluding hydrogens is 178 g/mol. The lowest BCUT2D eigenvalue weighted by Gasteiger charge is -2.38. The number of likely N-dealkylation sites (tertiary alicyclic amines) is 1. The summed E-state index contributed by atoms with van der Waals surface area (Å²) in [6.45, 7) is 6.57. The van der Waals surface area contributed by atoms with Crippen molar-refractivity contribution in [2.24, 2.45) is 5.92 Å². The van der Waals surface area contributed by atoms with E-state index in [0.29, 0.717) is 0 Å². The molecule has 0 spiro atoms. The van der Waals surface area contributed by atoms with E-state index in [1.807, 2.05) is 18.7 Å². The number of aliphatic hydroxyl groups excluding tert-OH is 1. The van der Waals surface area contributed by atoms with Crippen molar-refractivity contribution in [3.8, 4) is 0 Å². The van der Waals surface area contributed by atoms with Gasteiger partial charge in [-0.05, 0) is 26.2 Å². The van der Waals surface area contributed by atoms with Gasteiger partial charge in [0, 0.05) is 12.5 Å². The molecule has 3 atom stereocenters. The summed E-state index contributed by atoms with van der Waals surface area (Å²) in [6.07, 6.45) is 2.46. The van der Waals surface area contributed by atoms with Crippen LogP contribution in [-0.2, 0) is 4.79 Å². The van der Waals surface area contributed by atoms with Crippen molar-refractivity contribution in [1.29, 1.82) is 0 Å². The molecule has 0 aromatic rings. The van der Waals surface area contributed by atoms with E-state index in [0.717, 1.165) is 25.8 Å². The van der Waals surface area contributed by atoms with E-state index in [4.69, 9.17) is 0 Å². The standard InChI is InChI=1S/C11H21NO2/c1-4-10(9(3)13)12-7-5-6-8(2)11(12)14/h8-10,13H,4-7H2,1-3H3/t8?,9?,10-/m0/s1. The maximum Gasteiger partial charge on any atom is 0.225 e. The Kier molecular flexibility index (Phi) is 3.93. The molecule has 1 aliphatic rings. The average Bonchev–Trinajstić information content (AvgIpc) is 2.13. The largest absolute Gasteiger partial charge is 0.391 e. The highest BCUT2D eigenvalue weighted by Gasteiger charge is 2.31. The zero-order valence-corrected chi connectivity index (χ0v) is 9.36. The number of hydrogen-bond acceptors (Lipinski definition) is 2. The first kappa shape index (κ1) is 11.5. The van der Waals surface area contributed by atoms with E-state index in [9.17, 15) is 9.90 Å². The van der Waals surface area contributed by atoms with Crippen molar-refractivity contribution in [3.05, 3.63) is 0 Å². The highest BCUT2D eigenvalue weighted by Crippen LogP contribution is 2.22. The van der Waals surface area contributed by atoms with Crippen molar-refractivity contribution in [2.75, 3.05) is 6.54 Å². The summed E-state index contributed by atoms with van der Waals surface area (Å²) in [5.41, 5.74) is 0. The van der Waals surface area contributed by atoms with Gasteiger partial charge in [0.1, 0.15) is 0 Å². The van der Waals surface area contributed by atoms with Gasteiger partial charge in [0.15, 0.2) is 0 Å². The minimum absolute atomic E-state index is 0.00486. The monoisotopic (exact) mass is 199 g/mol. The number of nitrogens with zero attached hydrogens (tertiary/aromatic N) is 1. The SMILES string of the molecule is CC[C@@H](C(C)O)N1CCCC(C)C1=O. The van der Waals surface area contributed by atoms with Gasteiger partial charge in [0.05, 0.1) is 12.1 Å². The number of rotatable bonds is 3. The normalized spacial score (nSPS) is 27.6. The first-order valence-electron chi connectivity index (χ1n) is 5.56. The summed E-state index contributed by atoms with van der Waals surface area (Å²) in [7, 11) is 0. The lowest BCUT2D eigenvalue weighted by atomic mass is 9.95. The van der Waals surface area contributed by atoms with Gasteiger partial charge < -0.3 is 10.0 Å². The maximum atomic E-state index is 11.8. The second kappa shape index (κ2) is 4.78. The molecule has 2 unspecified atom stereocenters. The van der Waals surface area contributed by atoms with E-state index in [1.165, 1.54) is 0 Å². The number of carbonyl (C=O) groups is 1. The highest BCUT2D eigenvalue weighted by atomic mass is 16.3. The summed E-state index contributed by atoms with van der Waals surface area (Å²) in [6, 6.07) is 0.00486. The zero-order chi connectivity index (χ0) is 10.7. The van der Waals surface area contributed by atoms with Gasteiger partial charge in [-0.3, -0.25) is 4.79 Å². The molecule has 0 bridgehead atoms. The minimum Gasteiger partial charge on any atom is -0.391 e. The topological polar surface area (TPSA) is 40.5 Å². The molecule has 0 saturated carbocycles. The van der Waals surface area contributed by atoms with Crippen LogP contribution in [0.3, 0.4) is 0 Å². The molecule has 1 amide bonds. The third-order valence-corrected chi connectivity index (χ3v) is 3.12. The van der Waals surface area contributed by atoms with Crippen LogP contribution in [-0.4, -0.2) is 34.6 Å². The number of carbonyl (C=O) groups excluding carboxylic acids is 1. The predicted octanol–water partition coefficient (Wildman–Crippen LogP) is 1.40. The molecule has 1 rings (SSSR count). The Morgan fingerprint density at radius 3 is 2.79 bits per heavy atom. The lowest BCUT2D eigenvalue weighted by Crippen LogP contribution is -2.50. The molecule has 1 fully saturated rings. The zero-order valence-electron chi connectivity index (χ0n) is 9.36. The van der Waals surface area contributed by atoms with Crippen LogP contribution in [0.5, 0.6) is 0 Å². The van der Waals surface area contributed by atoms with Crippen molar-refractivity contribution < 1.29 is 9.90 Å². The van der Waals surface area contributed by atoms with Gasteiger partial charge in [0.25, 0.3) is 0 Å². The molecule has 3 nitrogen and oxygen atoms in total. The molecule has 0 aromatic heterocycles. The minimum atomic E-state index is -0.422. The van der Waals surface area contributed by atoms with Crippen LogP contribution in [0, 0.1) is 5.92 Å². The van der Waals surface area contributed by atoms with Crippen molar-refractivity contribution >= 4 is 5.91 Å². The quantitative estimate of drug-likeness (QED) is 0.746. The average molecular weight is 199 g/mol. The number of aliphatic hydroxyl groups is 1. The van der Waals surface area contributed by atoms with E-state index in [-0.39, 0.29) is 17.9 Å². The Morgan fingerprint density at radius 2 is 2.29 bits per heavy atom. The first-order chi connectivity index (χ1) is 6.57. The molecule has 0 aliphatic carbocycles. The summed E-state index contributed by atoms with van der Waals surface area (Å²) in [5, 5.41) is 9.57. The Labute approximate surface area is 86.1 Å². The number of hydrogen-bond donors (Lipinski definition) is 1. The first-order valence-corrected chi connectivity index (χ1v) is 5.56. The summed E-state index contributed by atoms with van der Waals surface area (Å²) in [4.78, 5) is 13.7. The van der Waals surface area contributed by atoms with Gasteiger partial charge in [-0.2, -0.15) is 0 Å². The molecule has 3 heteroatoms. The Bertz CT molecular complexity index is 203. The number of amides is 1. The van der Waals surface area contributed by atoms with Crippen molar-refractivity contribution in [2.45, 2.75) is 52.2 Å². The van der Waals surface area contributed by atoms with E-state index < -0.39 is 6.10 Å². The second-order valence-corrected chi connectivity index (χ2v) is 4.29. The fourth-order valence-electron chi connectivity index (χ4n) is 2.24. The fraction of sp³-hybridized carbons (Fsp3) is 0.909. The molecule has 0 radical (unpaired) electrons. The van der Waals surface area contributed by atoms with E-state index in [2.05, 4.69) is 0 Å². The summed E-state index contributed by atoms with van der Waals surface area (Å²) < 4.78 is 0. The highest BCUT2D eigenvalue weighted by molar-refractivity contribution is 5.79. The molecular formula is C11H21NO2. The Balaban J connectivity index is 2.69. The van der Waals surface area contributed by atoms with Gasteiger partial charge in [-0.1, -0.05) is 13.8 Å². The lowest BCUT2D eigenvalue weighted by molar-refractivity contribution is -0.143. The third-order valence-electron chi connectivity index (χ3n) is 3.12. The third kappa shape index (κ3) is 2.27. The van der Waals surface area contributed by atoms with Gasteiger partial charge in [0.2, 0.25) is 5.91 Å². The number of piperidine rings is 1. The molecule has 1 saturated heterocycles. The van der Waals surface area contributed by atoms with Crippen LogP contribution in [0.1, 0.15) is 40.0 Å². The van der Waals surface area contributed by atoms with Gasteiger partial charge >= 0.3 is 0 Å². The molecule has 0 aromatic carbocycles. The Morgan fingerprint density at radius 1 is 1.64 bits per heavy atom. The van der Waals surface area contributed by atoms with Crippen LogP contribution < -0.4 is 0 Å². The second-order valence-electron chi connectivity index (χ2n) is 4.29. The van der Waals surface area contributed by atoms with E-state index in [1.54, 1.807) is 6.92 Å². The summed E-state index contributed by atoms with van der Waals surface area (Å²) >= 11 is 0. The van der Waals surface area contributed by atoms with Gasteiger partial charge in [-0.15, -0.1) is 0 Å². The Hall–Kier alpha value is -0.570. The molecule has 82 valence electrons. The van der Waals surface area contributed by atoms with Gasteiger partial charge in [-0.25, -0.2) is 0 Å². The van der Waals surface area contributed by atoms with Crippen LogP contribution in [0.25, 0.3) is 0 Å². The molecule has 1 heterocycles. The van der Waals surface area contributed by atoms with Crippen LogP contribution in [0.15, 0.2) is 0 Å². The van der Waals surface area contributed by atoms with Crippen LogP contribution in [0.4, 0.5) is 0 Å². The van der Waals surface area contributed by atoms with Crippen LogP contribution >= 0.6 is 0 Å². The fourth-order valence-corrected chi connectivity index (χ4v) is 2.24. The molecule has 1 N–H and O–H groups in total. The smallest absolute Gasteiger partial charge is 0.225 e. The van der Waals surface area contributed by atoms with Crippen molar-refractivity contribution in [1.82, 2.24) is 4.90 Å². The summed E-state index contributed by atoms with van der Waals surface area (Å²) in [5.74, 6) is 0.348. The molecule has 14 heavy (non-hydrogen) atoms.